The molecule has 0 atom stereocenters. The largest absolute Gasteiger partial charge is 0.458 e. The van der Waals surface area contributed by atoms with Crippen molar-refractivity contribution < 1.29 is 23.6 Å². The van der Waals surface area contributed by atoms with Gasteiger partial charge in [-0.25, -0.2) is 5.43 Å². The van der Waals surface area contributed by atoms with E-state index in [4.69, 9.17) is 16.0 Å². The Balaban J connectivity index is 1.43. The highest BCUT2D eigenvalue weighted by Crippen LogP contribution is 2.14. The van der Waals surface area contributed by atoms with Crippen LogP contribution in [-0.2, 0) is 25.7 Å². The SMILES string of the molecule is Cc1ccc(NC(=O)C(=O)NCc2ccc(/C=N/NC(=O)C(=O)Nc3cccc(Cl)c3)o2)cc1. The molecule has 174 valence electrons. The first-order valence-electron chi connectivity index (χ1n) is 9.94. The zero-order chi connectivity index (χ0) is 24.5. The number of furan rings is 1. The Morgan fingerprint density at radius 2 is 1.59 bits per heavy atom. The van der Waals surface area contributed by atoms with Crippen LogP contribution in [0.2, 0.25) is 5.02 Å². The molecule has 11 heteroatoms. The van der Waals surface area contributed by atoms with E-state index < -0.39 is 23.6 Å². The fourth-order valence-electron chi connectivity index (χ4n) is 2.59. The number of anilines is 2. The monoisotopic (exact) mass is 481 g/mol. The zero-order valence-corrected chi connectivity index (χ0v) is 18.7. The quantitative estimate of drug-likeness (QED) is 0.243. The van der Waals surface area contributed by atoms with Crippen LogP contribution in [0.25, 0.3) is 0 Å². The van der Waals surface area contributed by atoms with Gasteiger partial charge in [-0.05, 0) is 49.4 Å². The second kappa shape index (κ2) is 11.4. The maximum Gasteiger partial charge on any atom is 0.329 e. The number of amides is 4. The van der Waals surface area contributed by atoms with Crippen LogP contribution in [0.3, 0.4) is 0 Å². The third-order valence-corrected chi connectivity index (χ3v) is 4.50. The molecule has 0 bridgehead atoms. The van der Waals surface area contributed by atoms with Crippen molar-refractivity contribution >= 4 is 52.8 Å². The zero-order valence-electron chi connectivity index (χ0n) is 17.9. The molecule has 34 heavy (non-hydrogen) atoms. The summed E-state index contributed by atoms with van der Waals surface area (Å²) in [6.45, 7) is 1.87. The molecule has 10 nitrogen and oxygen atoms in total. The molecule has 0 saturated carbocycles. The fraction of sp³-hybridized carbons (Fsp3) is 0.0870. The normalized spacial score (nSPS) is 10.5. The standard InChI is InChI=1S/C23H20ClN5O5/c1-14-5-7-16(8-6-14)27-21(31)20(30)25-12-18-9-10-19(34-18)13-26-29-23(33)22(32)28-17-4-2-3-15(24)11-17/h2-11,13H,12H2,1H3,(H,25,30)(H,27,31)(H,28,32)(H,29,33)/b26-13+. The highest BCUT2D eigenvalue weighted by Gasteiger charge is 2.15. The number of hydrogen-bond donors (Lipinski definition) is 4. The maximum absolute atomic E-state index is 12.0. The summed E-state index contributed by atoms with van der Waals surface area (Å²) in [5, 5.41) is 11.4. The van der Waals surface area contributed by atoms with E-state index in [1.165, 1.54) is 18.3 Å². The first kappa shape index (κ1) is 24.2. The first-order valence-corrected chi connectivity index (χ1v) is 10.3. The maximum atomic E-state index is 12.0. The van der Waals surface area contributed by atoms with Gasteiger partial charge in [0, 0.05) is 16.4 Å². The van der Waals surface area contributed by atoms with Crippen LogP contribution < -0.4 is 21.4 Å². The lowest BCUT2D eigenvalue weighted by atomic mass is 10.2. The lowest BCUT2D eigenvalue weighted by Gasteiger charge is -2.05. The van der Waals surface area contributed by atoms with Crippen LogP contribution in [0.1, 0.15) is 17.1 Å². The lowest BCUT2D eigenvalue weighted by Crippen LogP contribution is -2.34. The van der Waals surface area contributed by atoms with Crippen molar-refractivity contribution in [1.82, 2.24) is 10.7 Å². The Morgan fingerprint density at radius 3 is 2.32 bits per heavy atom. The van der Waals surface area contributed by atoms with Gasteiger partial charge in [0.1, 0.15) is 11.5 Å². The predicted octanol–water partition coefficient (Wildman–Crippen LogP) is 2.59. The van der Waals surface area contributed by atoms with Gasteiger partial charge in [-0.1, -0.05) is 35.4 Å². The van der Waals surface area contributed by atoms with Crippen LogP contribution in [0.5, 0.6) is 0 Å². The summed E-state index contributed by atoms with van der Waals surface area (Å²) in [6, 6.07) is 16.4. The van der Waals surface area contributed by atoms with Crippen molar-refractivity contribution in [2.45, 2.75) is 13.5 Å². The highest BCUT2D eigenvalue weighted by molar-refractivity contribution is 6.40. The number of carbonyl (C=O) groups excluding carboxylic acids is 4. The molecule has 1 aromatic heterocycles. The van der Waals surface area contributed by atoms with Gasteiger partial charge in [0.05, 0.1) is 12.8 Å². The summed E-state index contributed by atoms with van der Waals surface area (Å²) in [5.74, 6) is -2.95. The molecule has 4 amide bonds. The van der Waals surface area contributed by atoms with Gasteiger partial charge in [0.2, 0.25) is 0 Å². The van der Waals surface area contributed by atoms with Crippen LogP contribution in [0.15, 0.2) is 70.2 Å². The number of nitrogens with zero attached hydrogens (tertiary/aromatic N) is 1. The second-order valence-corrected chi connectivity index (χ2v) is 7.41. The molecule has 0 spiro atoms. The smallest absolute Gasteiger partial charge is 0.329 e. The summed E-state index contributed by atoms with van der Waals surface area (Å²) in [7, 11) is 0. The van der Waals surface area contributed by atoms with Crippen LogP contribution in [-0.4, -0.2) is 29.8 Å². The summed E-state index contributed by atoms with van der Waals surface area (Å²) >= 11 is 5.83. The van der Waals surface area contributed by atoms with E-state index >= 15 is 0 Å². The number of hydrazone groups is 1. The topological polar surface area (TPSA) is 142 Å². The molecule has 1 heterocycles. The van der Waals surface area contributed by atoms with Gasteiger partial charge in [-0.15, -0.1) is 0 Å². The van der Waals surface area contributed by atoms with E-state index in [1.807, 2.05) is 19.1 Å². The van der Waals surface area contributed by atoms with E-state index in [1.54, 1.807) is 36.4 Å². The number of halogens is 1. The van der Waals surface area contributed by atoms with Crippen LogP contribution >= 0.6 is 11.6 Å². The summed E-state index contributed by atoms with van der Waals surface area (Å²) in [4.78, 5) is 47.6. The van der Waals surface area contributed by atoms with Crippen LogP contribution in [0, 0.1) is 6.92 Å². The number of aryl methyl sites for hydroxylation is 1. The van der Waals surface area contributed by atoms with E-state index in [9.17, 15) is 19.2 Å². The van der Waals surface area contributed by atoms with Crippen molar-refractivity contribution in [2.24, 2.45) is 5.10 Å². The number of hydrogen-bond acceptors (Lipinski definition) is 6. The van der Waals surface area contributed by atoms with Crippen LogP contribution in [0.4, 0.5) is 11.4 Å². The molecule has 2 aromatic carbocycles. The minimum Gasteiger partial charge on any atom is -0.458 e. The predicted molar refractivity (Wildman–Crippen MR) is 126 cm³/mol. The third-order valence-electron chi connectivity index (χ3n) is 4.27. The van der Waals surface area contributed by atoms with Gasteiger partial charge >= 0.3 is 23.6 Å². The van der Waals surface area contributed by atoms with Crippen molar-refractivity contribution in [1.29, 1.82) is 0 Å². The Labute approximate surface area is 199 Å². The summed E-state index contributed by atoms with van der Waals surface area (Å²) < 4.78 is 5.43. The third kappa shape index (κ3) is 7.31. The molecule has 0 radical (unpaired) electrons. The molecule has 0 aliphatic rings. The van der Waals surface area contributed by atoms with Crippen molar-refractivity contribution in [3.63, 3.8) is 0 Å². The first-order chi connectivity index (χ1) is 16.3. The van der Waals surface area contributed by atoms with Gasteiger partial charge in [0.15, 0.2) is 0 Å². The van der Waals surface area contributed by atoms with Gasteiger partial charge in [-0.2, -0.15) is 5.10 Å². The molecule has 0 fully saturated rings. The van der Waals surface area contributed by atoms with Gasteiger partial charge in [-0.3, -0.25) is 19.2 Å². The highest BCUT2D eigenvalue weighted by atomic mass is 35.5. The molecule has 0 saturated heterocycles. The molecule has 0 unspecified atom stereocenters. The van der Waals surface area contributed by atoms with E-state index in [2.05, 4.69) is 26.5 Å². The molecule has 0 aliphatic carbocycles. The van der Waals surface area contributed by atoms with Crippen molar-refractivity contribution in [3.05, 3.63) is 82.8 Å². The average Bonchev–Trinajstić information content (AvgIpc) is 3.26. The van der Waals surface area contributed by atoms with Gasteiger partial charge in [0.25, 0.3) is 0 Å². The number of nitrogens with one attached hydrogen (secondary N) is 4. The Hall–Kier alpha value is -4.44. The van der Waals surface area contributed by atoms with Gasteiger partial charge < -0.3 is 20.4 Å². The molecule has 0 aliphatic heterocycles. The number of rotatable bonds is 6. The Morgan fingerprint density at radius 1 is 0.882 bits per heavy atom. The fourth-order valence-corrected chi connectivity index (χ4v) is 2.78. The lowest BCUT2D eigenvalue weighted by molar-refractivity contribution is -0.136. The summed E-state index contributed by atoms with van der Waals surface area (Å²) in [6.07, 6.45) is 1.18. The molecular formula is C23H20ClN5O5. The second-order valence-electron chi connectivity index (χ2n) is 6.97. The Bertz CT molecular complexity index is 1240. The number of benzene rings is 2. The molecular weight excluding hydrogens is 462 g/mol. The summed E-state index contributed by atoms with van der Waals surface area (Å²) in [5.41, 5.74) is 3.97. The Kier molecular flexibility index (Phi) is 8.14. The van der Waals surface area contributed by atoms with E-state index in [0.29, 0.717) is 22.2 Å². The van der Waals surface area contributed by atoms with Crippen molar-refractivity contribution in [3.8, 4) is 0 Å². The average molecular weight is 482 g/mol. The van der Waals surface area contributed by atoms with E-state index in [-0.39, 0.29) is 12.3 Å². The van der Waals surface area contributed by atoms with E-state index in [0.717, 1.165) is 5.56 Å². The molecule has 3 rings (SSSR count). The van der Waals surface area contributed by atoms with Crippen molar-refractivity contribution in [2.75, 3.05) is 10.6 Å². The minimum absolute atomic E-state index is 0.0393. The molecule has 4 N–H and O–H groups in total. The minimum atomic E-state index is -0.991. The number of carbonyl (C=O) groups is 4. The molecule has 3 aromatic rings.